The van der Waals surface area contributed by atoms with Crippen molar-refractivity contribution < 1.29 is 23.0 Å². The highest BCUT2D eigenvalue weighted by Gasteiger charge is 2.23. The van der Waals surface area contributed by atoms with E-state index < -0.39 is 29.0 Å². The molecule has 0 aliphatic rings. The highest BCUT2D eigenvalue weighted by molar-refractivity contribution is 5.43. The molecule has 5 heteroatoms. The molecule has 2 nitrogen and oxygen atoms in total. The van der Waals surface area contributed by atoms with E-state index in [2.05, 4.69) is 6.58 Å². The lowest BCUT2D eigenvalue weighted by molar-refractivity contribution is 0.310. The van der Waals surface area contributed by atoms with Gasteiger partial charge in [0, 0.05) is 5.56 Å². The largest absolute Gasteiger partial charge is 0.503 e. The molecule has 0 amide bonds. The van der Waals surface area contributed by atoms with Gasteiger partial charge in [0.1, 0.15) is 6.61 Å². The predicted octanol–water partition coefficient (Wildman–Crippen LogP) is 2.68. The molecule has 1 N–H and O–H groups in total. The van der Waals surface area contributed by atoms with E-state index >= 15 is 0 Å². The Hall–Kier alpha value is -1.65. The third-order valence-electron chi connectivity index (χ3n) is 1.82. The first kappa shape index (κ1) is 11.4. The fourth-order valence-corrected chi connectivity index (χ4v) is 1.05. The minimum atomic E-state index is -1.61. The molecule has 0 radical (unpaired) electrons. The molecule has 0 bridgehead atoms. The van der Waals surface area contributed by atoms with Gasteiger partial charge in [-0.25, -0.2) is 4.39 Å². The summed E-state index contributed by atoms with van der Waals surface area (Å²) in [5.74, 6) is -6.14. The molecule has 0 unspecified atom stereocenters. The SMILES string of the molecule is C=CCOc1c(C)c(F)c(F)c(O)c1F. The Morgan fingerprint density at radius 3 is 2.40 bits per heavy atom. The van der Waals surface area contributed by atoms with E-state index in [0.717, 1.165) is 6.92 Å². The first-order valence-electron chi connectivity index (χ1n) is 4.10. The summed E-state index contributed by atoms with van der Waals surface area (Å²) in [6.07, 6.45) is 1.32. The summed E-state index contributed by atoms with van der Waals surface area (Å²) in [5, 5.41) is 8.90. The summed E-state index contributed by atoms with van der Waals surface area (Å²) in [6, 6.07) is 0. The number of hydrogen-bond acceptors (Lipinski definition) is 2. The van der Waals surface area contributed by atoms with Crippen molar-refractivity contribution >= 4 is 0 Å². The van der Waals surface area contributed by atoms with Crippen molar-refractivity contribution in [3.05, 3.63) is 35.7 Å². The highest BCUT2D eigenvalue weighted by Crippen LogP contribution is 2.34. The van der Waals surface area contributed by atoms with E-state index in [0.29, 0.717) is 0 Å². The maximum atomic E-state index is 13.2. The molecule has 0 heterocycles. The molecule has 82 valence electrons. The molecule has 0 atom stereocenters. The van der Waals surface area contributed by atoms with E-state index in [1.165, 1.54) is 6.08 Å². The molecule has 0 aliphatic heterocycles. The maximum Gasteiger partial charge on any atom is 0.210 e. The van der Waals surface area contributed by atoms with Crippen molar-refractivity contribution in [3.8, 4) is 11.5 Å². The second-order valence-corrected chi connectivity index (χ2v) is 2.84. The summed E-state index contributed by atoms with van der Waals surface area (Å²) in [7, 11) is 0. The van der Waals surface area contributed by atoms with Crippen LogP contribution in [0.4, 0.5) is 13.2 Å². The van der Waals surface area contributed by atoms with Crippen molar-refractivity contribution in [1.29, 1.82) is 0 Å². The molecule has 0 fully saturated rings. The molecule has 0 spiro atoms. The fourth-order valence-electron chi connectivity index (χ4n) is 1.05. The Kier molecular flexibility index (Phi) is 3.24. The Morgan fingerprint density at radius 1 is 1.27 bits per heavy atom. The number of phenolic OH excluding ortho intramolecular Hbond substituents is 1. The molecule has 0 saturated heterocycles. The maximum absolute atomic E-state index is 13.2. The van der Waals surface area contributed by atoms with Crippen molar-refractivity contribution in [2.45, 2.75) is 6.92 Å². The molecule has 1 rings (SSSR count). The van der Waals surface area contributed by atoms with E-state index in [1.807, 2.05) is 0 Å². The van der Waals surface area contributed by atoms with E-state index in [4.69, 9.17) is 9.84 Å². The topological polar surface area (TPSA) is 29.5 Å². The van der Waals surface area contributed by atoms with Gasteiger partial charge in [0.05, 0.1) is 0 Å². The van der Waals surface area contributed by atoms with Crippen LogP contribution in [0, 0.1) is 24.4 Å². The zero-order valence-electron chi connectivity index (χ0n) is 7.98. The van der Waals surface area contributed by atoms with Crippen LogP contribution in [0.2, 0.25) is 0 Å². The highest BCUT2D eigenvalue weighted by atomic mass is 19.2. The van der Waals surface area contributed by atoms with E-state index in [1.54, 1.807) is 0 Å². The first-order valence-corrected chi connectivity index (χ1v) is 4.10. The first-order chi connectivity index (χ1) is 7.00. The Balaban J connectivity index is 3.31. The standard InChI is InChI=1S/C10H9F3O2/c1-3-4-15-10-5(2)6(11)7(12)9(14)8(10)13/h3,14H,1,4H2,2H3. The van der Waals surface area contributed by atoms with Crippen molar-refractivity contribution in [1.82, 2.24) is 0 Å². The summed E-state index contributed by atoms with van der Waals surface area (Å²) in [5.41, 5.74) is -0.329. The van der Waals surface area contributed by atoms with Gasteiger partial charge in [-0.3, -0.25) is 0 Å². The van der Waals surface area contributed by atoms with Gasteiger partial charge in [-0.2, -0.15) is 8.78 Å². The normalized spacial score (nSPS) is 10.1. The van der Waals surface area contributed by atoms with Crippen molar-refractivity contribution in [2.24, 2.45) is 0 Å². The van der Waals surface area contributed by atoms with Gasteiger partial charge in [0.25, 0.3) is 0 Å². The number of ether oxygens (including phenoxy) is 1. The fraction of sp³-hybridized carbons (Fsp3) is 0.200. The van der Waals surface area contributed by atoms with Gasteiger partial charge < -0.3 is 9.84 Å². The number of rotatable bonds is 3. The van der Waals surface area contributed by atoms with Gasteiger partial charge in [-0.05, 0) is 6.92 Å². The Labute approximate surface area is 84.6 Å². The van der Waals surface area contributed by atoms with Gasteiger partial charge in [0.2, 0.25) is 11.6 Å². The summed E-state index contributed by atoms with van der Waals surface area (Å²) >= 11 is 0. The average Bonchev–Trinajstić information content (AvgIpc) is 2.24. The Bertz CT molecular complexity index is 373. The molecule has 15 heavy (non-hydrogen) atoms. The second kappa shape index (κ2) is 4.25. The van der Waals surface area contributed by atoms with Crippen LogP contribution in [0.15, 0.2) is 12.7 Å². The van der Waals surface area contributed by atoms with Crippen LogP contribution in [0.1, 0.15) is 5.56 Å². The third-order valence-corrected chi connectivity index (χ3v) is 1.82. The van der Waals surface area contributed by atoms with Crippen molar-refractivity contribution in [3.63, 3.8) is 0 Å². The lowest BCUT2D eigenvalue weighted by Gasteiger charge is -2.11. The van der Waals surface area contributed by atoms with Crippen LogP contribution in [-0.2, 0) is 0 Å². The quantitative estimate of drug-likeness (QED) is 0.624. The zero-order chi connectivity index (χ0) is 11.6. The van der Waals surface area contributed by atoms with E-state index in [9.17, 15) is 13.2 Å². The summed E-state index contributed by atoms with van der Waals surface area (Å²) in [4.78, 5) is 0. The van der Waals surface area contributed by atoms with Crippen LogP contribution in [0.3, 0.4) is 0 Å². The van der Waals surface area contributed by atoms with Crippen LogP contribution in [0.25, 0.3) is 0 Å². The molecular weight excluding hydrogens is 209 g/mol. The van der Waals surface area contributed by atoms with Gasteiger partial charge in [-0.1, -0.05) is 12.7 Å². The average molecular weight is 218 g/mol. The lowest BCUT2D eigenvalue weighted by Crippen LogP contribution is -2.03. The van der Waals surface area contributed by atoms with E-state index in [-0.39, 0.29) is 12.2 Å². The second-order valence-electron chi connectivity index (χ2n) is 2.84. The predicted molar refractivity (Wildman–Crippen MR) is 48.4 cm³/mol. The van der Waals surface area contributed by atoms with Crippen LogP contribution in [0.5, 0.6) is 11.5 Å². The monoisotopic (exact) mass is 218 g/mol. The number of halogens is 3. The number of aromatic hydroxyl groups is 1. The van der Waals surface area contributed by atoms with Crippen LogP contribution < -0.4 is 4.74 Å². The summed E-state index contributed by atoms with van der Waals surface area (Å²) in [6.45, 7) is 4.40. The van der Waals surface area contributed by atoms with Gasteiger partial charge >= 0.3 is 0 Å². The minimum Gasteiger partial charge on any atom is -0.503 e. The molecule has 1 aromatic carbocycles. The van der Waals surface area contributed by atoms with Crippen molar-refractivity contribution in [2.75, 3.05) is 6.61 Å². The van der Waals surface area contributed by atoms with Gasteiger partial charge in [-0.15, -0.1) is 0 Å². The molecule has 0 aromatic heterocycles. The summed E-state index contributed by atoms with van der Waals surface area (Å²) < 4.78 is 43.9. The van der Waals surface area contributed by atoms with Gasteiger partial charge in [0.15, 0.2) is 17.3 Å². The molecule has 0 saturated carbocycles. The molecule has 0 aliphatic carbocycles. The van der Waals surface area contributed by atoms with Crippen LogP contribution in [-0.4, -0.2) is 11.7 Å². The number of benzene rings is 1. The molecule has 1 aromatic rings. The zero-order valence-corrected chi connectivity index (χ0v) is 7.98. The lowest BCUT2D eigenvalue weighted by atomic mass is 10.2. The Morgan fingerprint density at radius 2 is 1.87 bits per heavy atom. The third kappa shape index (κ3) is 1.91. The smallest absolute Gasteiger partial charge is 0.210 e. The number of phenols is 1. The van der Waals surface area contributed by atoms with Crippen LogP contribution >= 0.6 is 0 Å². The number of hydrogen-bond donors (Lipinski definition) is 1. The minimum absolute atomic E-state index is 0.0672. The molecular formula is C10H9F3O2.